The van der Waals surface area contributed by atoms with Crippen LogP contribution in [-0.4, -0.2) is 32.5 Å². The molecule has 84 valence electrons. The maximum Gasteiger partial charge on any atom is 0.306 e. The lowest BCUT2D eigenvalue weighted by molar-refractivity contribution is -0.140. The standard InChI is InChI=1S/C9H19O4P/c1-8(2)7-13-14(4,11)6-5-9(10)12-3/h8H,5-7H2,1-4H3/t14-/m1/s1. The number of esters is 1. The Kier molecular flexibility index (Phi) is 6.05. The molecule has 0 saturated carbocycles. The summed E-state index contributed by atoms with van der Waals surface area (Å²) in [6, 6.07) is 0. The van der Waals surface area contributed by atoms with Gasteiger partial charge >= 0.3 is 5.97 Å². The summed E-state index contributed by atoms with van der Waals surface area (Å²) in [4.78, 5) is 10.8. The molecule has 0 saturated heterocycles. The van der Waals surface area contributed by atoms with Gasteiger partial charge in [0.25, 0.3) is 0 Å². The topological polar surface area (TPSA) is 52.6 Å². The molecule has 4 nitrogen and oxygen atoms in total. The van der Waals surface area contributed by atoms with Crippen molar-refractivity contribution < 1.29 is 18.6 Å². The molecule has 0 aromatic rings. The smallest absolute Gasteiger partial charge is 0.306 e. The molecule has 1 atom stereocenters. The van der Waals surface area contributed by atoms with Gasteiger partial charge in [-0.15, -0.1) is 0 Å². The highest BCUT2D eigenvalue weighted by Gasteiger charge is 2.18. The van der Waals surface area contributed by atoms with Gasteiger partial charge in [-0.25, -0.2) is 0 Å². The van der Waals surface area contributed by atoms with Crippen molar-refractivity contribution in [2.75, 3.05) is 26.5 Å². The van der Waals surface area contributed by atoms with Gasteiger partial charge in [0.15, 0.2) is 0 Å². The fourth-order valence-corrected chi connectivity index (χ4v) is 2.10. The number of carbonyl (C=O) groups is 1. The quantitative estimate of drug-likeness (QED) is 0.510. The van der Waals surface area contributed by atoms with Gasteiger partial charge in [-0.1, -0.05) is 13.8 Å². The molecule has 5 heteroatoms. The number of hydrogen-bond donors (Lipinski definition) is 0. The van der Waals surface area contributed by atoms with E-state index in [2.05, 4.69) is 4.74 Å². The van der Waals surface area contributed by atoms with Gasteiger partial charge in [0.1, 0.15) is 0 Å². The van der Waals surface area contributed by atoms with Gasteiger partial charge in [-0.3, -0.25) is 9.36 Å². The van der Waals surface area contributed by atoms with Gasteiger partial charge in [0.2, 0.25) is 7.37 Å². The average Bonchev–Trinajstić information content (AvgIpc) is 2.11. The van der Waals surface area contributed by atoms with Crippen LogP contribution in [0, 0.1) is 5.92 Å². The molecule has 0 N–H and O–H groups in total. The van der Waals surface area contributed by atoms with Crippen LogP contribution in [0.4, 0.5) is 0 Å². The Morgan fingerprint density at radius 2 is 2.00 bits per heavy atom. The Labute approximate surface area is 85.4 Å². The molecule has 0 rings (SSSR count). The van der Waals surface area contributed by atoms with Crippen molar-refractivity contribution in [1.82, 2.24) is 0 Å². The van der Waals surface area contributed by atoms with Crippen LogP contribution in [0.25, 0.3) is 0 Å². The molecule has 0 spiro atoms. The van der Waals surface area contributed by atoms with Crippen LogP contribution in [-0.2, 0) is 18.6 Å². The second-order valence-electron chi connectivity index (χ2n) is 3.75. The van der Waals surface area contributed by atoms with Gasteiger partial charge in [0, 0.05) is 12.8 Å². The molecular formula is C9H19O4P. The van der Waals surface area contributed by atoms with Crippen molar-refractivity contribution in [3.05, 3.63) is 0 Å². The van der Waals surface area contributed by atoms with E-state index >= 15 is 0 Å². The van der Waals surface area contributed by atoms with Crippen molar-refractivity contribution in [2.24, 2.45) is 5.92 Å². The van der Waals surface area contributed by atoms with E-state index < -0.39 is 7.37 Å². The Hall–Kier alpha value is -0.340. The van der Waals surface area contributed by atoms with Crippen LogP contribution in [0.5, 0.6) is 0 Å². The van der Waals surface area contributed by atoms with Crippen molar-refractivity contribution >= 4 is 13.3 Å². The maximum absolute atomic E-state index is 11.7. The number of carbonyl (C=O) groups excluding carboxylic acids is 1. The predicted octanol–water partition coefficient (Wildman–Crippen LogP) is 2.13. The number of rotatable bonds is 6. The highest BCUT2D eigenvalue weighted by Crippen LogP contribution is 2.43. The monoisotopic (exact) mass is 222 g/mol. The molecule has 0 aliphatic heterocycles. The number of ether oxygens (including phenoxy) is 1. The third kappa shape index (κ3) is 7.10. The summed E-state index contributed by atoms with van der Waals surface area (Å²) in [7, 11) is -1.30. The van der Waals surface area contributed by atoms with Gasteiger partial charge in [-0.05, 0) is 5.92 Å². The van der Waals surface area contributed by atoms with Gasteiger partial charge < -0.3 is 9.26 Å². The lowest BCUT2D eigenvalue weighted by Crippen LogP contribution is -2.06. The minimum Gasteiger partial charge on any atom is -0.469 e. The van der Waals surface area contributed by atoms with E-state index in [9.17, 15) is 9.36 Å². The molecule has 0 heterocycles. The van der Waals surface area contributed by atoms with E-state index in [1.807, 2.05) is 13.8 Å². The highest BCUT2D eigenvalue weighted by atomic mass is 31.2. The molecule has 0 radical (unpaired) electrons. The first-order valence-corrected chi connectivity index (χ1v) is 6.91. The van der Waals surface area contributed by atoms with Crippen molar-refractivity contribution in [3.63, 3.8) is 0 Å². The molecule has 14 heavy (non-hydrogen) atoms. The van der Waals surface area contributed by atoms with Crippen molar-refractivity contribution in [2.45, 2.75) is 20.3 Å². The van der Waals surface area contributed by atoms with E-state index in [1.165, 1.54) is 7.11 Å². The summed E-state index contributed by atoms with van der Waals surface area (Å²) in [5.41, 5.74) is 0. The lowest BCUT2D eigenvalue weighted by atomic mass is 10.2. The first kappa shape index (κ1) is 13.7. The Balaban J connectivity index is 3.83. The zero-order chi connectivity index (χ0) is 11.2. The van der Waals surface area contributed by atoms with Crippen LogP contribution < -0.4 is 0 Å². The van der Waals surface area contributed by atoms with Gasteiger partial charge in [0.05, 0.1) is 20.1 Å². The Morgan fingerprint density at radius 3 is 2.43 bits per heavy atom. The third-order valence-corrected chi connectivity index (χ3v) is 3.36. The van der Waals surface area contributed by atoms with Gasteiger partial charge in [-0.2, -0.15) is 0 Å². The first-order valence-electron chi connectivity index (χ1n) is 4.65. The Morgan fingerprint density at radius 1 is 1.43 bits per heavy atom. The lowest BCUT2D eigenvalue weighted by Gasteiger charge is -2.14. The molecule has 0 unspecified atom stereocenters. The van der Waals surface area contributed by atoms with Crippen molar-refractivity contribution in [1.29, 1.82) is 0 Å². The fraction of sp³-hybridized carbons (Fsp3) is 0.889. The van der Waals surface area contributed by atoms with E-state index in [4.69, 9.17) is 4.52 Å². The number of hydrogen-bond acceptors (Lipinski definition) is 4. The summed E-state index contributed by atoms with van der Waals surface area (Å²) < 4.78 is 21.4. The van der Waals surface area contributed by atoms with E-state index in [-0.39, 0.29) is 18.6 Å². The van der Waals surface area contributed by atoms with Crippen LogP contribution in [0.1, 0.15) is 20.3 Å². The largest absolute Gasteiger partial charge is 0.469 e. The molecule has 0 aliphatic rings. The van der Waals surface area contributed by atoms with Crippen molar-refractivity contribution in [3.8, 4) is 0 Å². The zero-order valence-corrected chi connectivity index (χ0v) is 10.2. The fourth-order valence-electron chi connectivity index (χ4n) is 0.768. The van der Waals surface area contributed by atoms with Crippen LogP contribution in [0.2, 0.25) is 0 Å². The molecular weight excluding hydrogens is 203 g/mol. The molecule has 0 aliphatic carbocycles. The summed E-state index contributed by atoms with van der Waals surface area (Å²) >= 11 is 0. The molecule has 0 bridgehead atoms. The van der Waals surface area contributed by atoms with E-state index in [1.54, 1.807) is 6.66 Å². The summed E-state index contributed by atoms with van der Waals surface area (Å²) in [5, 5.41) is 0. The maximum atomic E-state index is 11.7. The minimum atomic E-state index is -2.61. The second kappa shape index (κ2) is 6.20. The average molecular weight is 222 g/mol. The summed E-state index contributed by atoms with van der Waals surface area (Å²) in [6.07, 6.45) is 0.411. The number of methoxy groups -OCH3 is 1. The zero-order valence-electron chi connectivity index (χ0n) is 9.28. The summed E-state index contributed by atoms with van der Waals surface area (Å²) in [6.45, 7) is 5.99. The molecule has 0 aromatic heterocycles. The molecule has 0 amide bonds. The normalized spacial score (nSPS) is 15.2. The van der Waals surface area contributed by atoms with Crippen LogP contribution in [0.15, 0.2) is 0 Å². The minimum absolute atomic E-state index is 0.155. The summed E-state index contributed by atoms with van der Waals surface area (Å²) in [5.74, 6) is 0.00150. The van der Waals surface area contributed by atoms with Crippen LogP contribution >= 0.6 is 7.37 Å². The third-order valence-electron chi connectivity index (χ3n) is 1.63. The Bertz CT molecular complexity index is 225. The van der Waals surface area contributed by atoms with E-state index in [0.29, 0.717) is 12.5 Å². The van der Waals surface area contributed by atoms with Crippen LogP contribution in [0.3, 0.4) is 0 Å². The molecule has 0 aromatic carbocycles. The van der Waals surface area contributed by atoms with E-state index in [0.717, 1.165) is 0 Å². The predicted molar refractivity (Wildman–Crippen MR) is 55.8 cm³/mol. The SMILES string of the molecule is COC(=O)CC[P@](C)(=O)OCC(C)C. The second-order valence-corrected chi connectivity index (χ2v) is 6.49. The first-order chi connectivity index (χ1) is 6.37. The molecule has 0 fully saturated rings. The highest BCUT2D eigenvalue weighted by molar-refractivity contribution is 7.58.